The van der Waals surface area contributed by atoms with Gasteiger partial charge in [-0.3, -0.25) is 14.4 Å². The monoisotopic (exact) mass is 523 g/mol. The number of aliphatic hydroxyl groups is 1. The Hall–Kier alpha value is -3.19. The highest BCUT2D eigenvalue weighted by molar-refractivity contribution is 6.31. The third-order valence-electron chi connectivity index (χ3n) is 6.83. The van der Waals surface area contributed by atoms with Crippen molar-refractivity contribution >= 4 is 52.4 Å². The number of nitrogens with zero attached hydrogens (tertiary/aromatic N) is 1. The van der Waals surface area contributed by atoms with E-state index in [0.717, 1.165) is 0 Å². The van der Waals surface area contributed by atoms with Crippen molar-refractivity contribution in [2.75, 3.05) is 4.90 Å². The number of Topliss-reactive ketones (excluding diaryl/α,β-unsaturated/α-hetero) is 2. The lowest BCUT2D eigenvalue weighted by Crippen LogP contribution is -2.43. The molecule has 2 heterocycles. The van der Waals surface area contributed by atoms with Gasteiger partial charge in [-0.2, -0.15) is 0 Å². The highest BCUT2D eigenvalue weighted by Gasteiger charge is 2.52. The molecule has 3 aromatic rings. The molecule has 1 aromatic heterocycles. The minimum atomic E-state index is -2.14. The number of halogens is 2. The number of allylic oxidation sites excluding steroid dienone is 1. The second-order valence-electron chi connectivity index (χ2n) is 9.14. The Kier molecular flexibility index (Phi) is 6.60. The fraction of sp³-hybridized carbons (Fsp3) is 0.250. The number of rotatable bonds is 6. The molecule has 0 spiro atoms. The lowest BCUT2D eigenvalue weighted by atomic mass is 9.77. The Balaban J connectivity index is 1.44. The average Bonchev–Trinajstić information content (AvgIpc) is 3.43. The van der Waals surface area contributed by atoms with E-state index in [1.807, 2.05) is 6.07 Å². The number of amides is 1. The Morgan fingerprint density at radius 1 is 1.14 bits per heavy atom. The van der Waals surface area contributed by atoms with Gasteiger partial charge in [0.2, 0.25) is 0 Å². The van der Waals surface area contributed by atoms with Crippen LogP contribution in [0.5, 0.6) is 0 Å². The lowest BCUT2D eigenvalue weighted by Gasteiger charge is -2.27. The zero-order valence-corrected chi connectivity index (χ0v) is 20.8. The first-order valence-corrected chi connectivity index (χ1v) is 12.4. The summed E-state index contributed by atoms with van der Waals surface area (Å²) in [4.78, 5) is 41.6. The molecule has 6 nitrogen and oxygen atoms in total. The molecule has 0 saturated heterocycles. The van der Waals surface area contributed by atoms with Gasteiger partial charge in [0.1, 0.15) is 11.5 Å². The number of ketones is 2. The molecule has 2 unspecified atom stereocenters. The van der Waals surface area contributed by atoms with Crippen LogP contribution in [0.25, 0.3) is 6.08 Å². The molecule has 36 heavy (non-hydrogen) atoms. The second kappa shape index (κ2) is 9.69. The molecule has 1 amide bonds. The number of carbonyl (C=O) groups is 3. The molecule has 2 aliphatic rings. The Labute approximate surface area is 218 Å². The van der Waals surface area contributed by atoms with Crippen LogP contribution in [-0.2, 0) is 26.5 Å². The summed E-state index contributed by atoms with van der Waals surface area (Å²) in [6.07, 6.45) is 4.18. The Morgan fingerprint density at radius 2 is 1.94 bits per heavy atom. The molecule has 1 fully saturated rings. The van der Waals surface area contributed by atoms with Gasteiger partial charge in [-0.25, -0.2) is 0 Å². The third kappa shape index (κ3) is 4.41. The molecule has 2 aromatic carbocycles. The van der Waals surface area contributed by atoms with Crippen molar-refractivity contribution in [2.45, 2.75) is 37.8 Å². The fourth-order valence-corrected chi connectivity index (χ4v) is 5.36. The van der Waals surface area contributed by atoms with Crippen LogP contribution in [0.15, 0.2) is 70.9 Å². The summed E-state index contributed by atoms with van der Waals surface area (Å²) in [5, 5.41) is 12.5. The largest absolute Gasteiger partial charge is 0.465 e. The Morgan fingerprint density at radius 3 is 2.69 bits per heavy atom. The maximum Gasteiger partial charge on any atom is 0.264 e. The summed E-state index contributed by atoms with van der Waals surface area (Å²) in [6, 6.07) is 15.3. The normalized spacial score (nSPS) is 22.8. The molecule has 1 aliphatic carbocycles. The van der Waals surface area contributed by atoms with Gasteiger partial charge in [0.05, 0.1) is 24.4 Å². The highest BCUT2D eigenvalue weighted by atomic mass is 35.5. The van der Waals surface area contributed by atoms with E-state index >= 15 is 0 Å². The van der Waals surface area contributed by atoms with Gasteiger partial charge in [0, 0.05) is 22.0 Å². The number of benzene rings is 2. The van der Waals surface area contributed by atoms with Gasteiger partial charge in [0.15, 0.2) is 11.4 Å². The van der Waals surface area contributed by atoms with E-state index in [2.05, 4.69) is 0 Å². The van der Waals surface area contributed by atoms with Crippen LogP contribution in [0.3, 0.4) is 0 Å². The van der Waals surface area contributed by atoms with E-state index in [-0.39, 0.29) is 17.9 Å². The van der Waals surface area contributed by atoms with Gasteiger partial charge < -0.3 is 14.4 Å². The number of furan rings is 1. The summed E-state index contributed by atoms with van der Waals surface area (Å²) in [7, 11) is 0. The lowest BCUT2D eigenvalue weighted by molar-refractivity contribution is -0.145. The first kappa shape index (κ1) is 24.5. The predicted octanol–water partition coefficient (Wildman–Crippen LogP) is 5.73. The minimum absolute atomic E-state index is 0.113. The quantitative estimate of drug-likeness (QED) is 0.329. The third-order valence-corrected chi connectivity index (χ3v) is 7.43. The number of hydrogen-bond donors (Lipinski definition) is 1. The summed E-state index contributed by atoms with van der Waals surface area (Å²) in [6.45, 7) is 0.113. The maximum atomic E-state index is 13.6. The number of anilines is 1. The predicted molar refractivity (Wildman–Crippen MR) is 137 cm³/mol. The first-order chi connectivity index (χ1) is 17.3. The molecular formula is C28H23Cl2NO5. The number of hydrogen-bond acceptors (Lipinski definition) is 5. The van der Waals surface area contributed by atoms with Gasteiger partial charge in [-0.1, -0.05) is 41.4 Å². The SMILES string of the molecule is O=C(CC1(O)C(=O)N(Cc2ccccc2Cl)c2ccc(Cl)cc21)C1CCCC(=Cc2ccco2)C1=O. The first-order valence-electron chi connectivity index (χ1n) is 11.7. The van der Waals surface area contributed by atoms with Crippen molar-refractivity contribution in [2.24, 2.45) is 5.92 Å². The van der Waals surface area contributed by atoms with Gasteiger partial charge in [-0.05, 0) is 72.9 Å². The highest BCUT2D eigenvalue weighted by Crippen LogP contribution is 2.45. The van der Waals surface area contributed by atoms with Gasteiger partial charge >= 0.3 is 0 Å². The molecule has 2 atom stereocenters. The molecule has 8 heteroatoms. The fourth-order valence-electron chi connectivity index (χ4n) is 4.99. The summed E-state index contributed by atoms with van der Waals surface area (Å²) in [5.41, 5.74) is -0.244. The summed E-state index contributed by atoms with van der Waals surface area (Å²) in [5.74, 6) is -1.82. The second-order valence-corrected chi connectivity index (χ2v) is 9.99. The van der Waals surface area contributed by atoms with E-state index in [1.54, 1.807) is 48.5 Å². The van der Waals surface area contributed by atoms with E-state index in [1.165, 1.54) is 17.2 Å². The van der Waals surface area contributed by atoms with Crippen LogP contribution in [0.2, 0.25) is 10.0 Å². The smallest absolute Gasteiger partial charge is 0.264 e. The van der Waals surface area contributed by atoms with Crippen molar-refractivity contribution in [1.29, 1.82) is 0 Å². The zero-order valence-electron chi connectivity index (χ0n) is 19.2. The minimum Gasteiger partial charge on any atom is -0.465 e. The molecule has 1 aliphatic heterocycles. The van der Waals surface area contributed by atoms with E-state index < -0.39 is 29.6 Å². The van der Waals surface area contributed by atoms with Crippen LogP contribution in [0, 0.1) is 5.92 Å². The molecule has 5 rings (SSSR count). The van der Waals surface area contributed by atoms with Crippen molar-refractivity contribution < 1.29 is 23.9 Å². The topological polar surface area (TPSA) is 87.8 Å². The molecule has 0 bridgehead atoms. The standard InChI is InChI=1S/C28H23Cl2NO5/c29-19-10-11-24-22(14-19)28(35,27(34)31(24)16-18-5-1-2-9-23(18)30)15-25(32)21-8-3-6-17(26(21)33)13-20-7-4-12-36-20/h1-2,4-5,7,9-14,21,35H,3,6,8,15-16H2. The van der Waals surface area contributed by atoms with E-state index in [9.17, 15) is 19.5 Å². The van der Waals surface area contributed by atoms with Crippen LogP contribution in [0.1, 0.15) is 42.6 Å². The summed E-state index contributed by atoms with van der Waals surface area (Å²) >= 11 is 12.5. The van der Waals surface area contributed by atoms with Crippen LogP contribution < -0.4 is 4.90 Å². The molecule has 1 N–H and O–H groups in total. The maximum absolute atomic E-state index is 13.6. The van der Waals surface area contributed by atoms with Crippen LogP contribution in [-0.4, -0.2) is 22.6 Å². The molecular weight excluding hydrogens is 501 g/mol. The average molecular weight is 524 g/mol. The van der Waals surface area contributed by atoms with Gasteiger partial charge in [-0.15, -0.1) is 0 Å². The molecule has 1 saturated carbocycles. The van der Waals surface area contributed by atoms with Crippen molar-refractivity contribution in [3.05, 3.63) is 93.4 Å². The molecule has 184 valence electrons. The number of fused-ring (bicyclic) bond motifs is 1. The van der Waals surface area contributed by atoms with Crippen molar-refractivity contribution in [1.82, 2.24) is 0 Å². The number of carbonyl (C=O) groups excluding carboxylic acids is 3. The van der Waals surface area contributed by atoms with Crippen LogP contribution in [0.4, 0.5) is 5.69 Å². The van der Waals surface area contributed by atoms with Crippen molar-refractivity contribution in [3.63, 3.8) is 0 Å². The van der Waals surface area contributed by atoms with E-state index in [0.29, 0.717) is 51.9 Å². The van der Waals surface area contributed by atoms with Crippen molar-refractivity contribution in [3.8, 4) is 0 Å². The van der Waals surface area contributed by atoms with Crippen LogP contribution >= 0.6 is 23.2 Å². The molecule has 0 radical (unpaired) electrons. The van der Waals surface area contributed by atoms with Gasteiger partial charge in [0.25, 0.3) is 5.91 Å². The zero-order chi connectivity index (χ0) is 25.4. The van der Waals surface area contributed by atoms with E-state index in [4.69, 9.17) is 27.6 Å². The Bertz CT molecular complexity index is 1380. The summed E-state index contributed by atoms with van der Waals surface area (Å²) < 4.78 is 5.31.